The number of hydrogen-bond donors (Lipinski definition) is 3. The maximum atomic E-state index is 11.4. The zero-order chi connectivity index (χ0) is 10.9. The summed E-state index contributed by atoms with van der Waals surface area (Å²) in [5, 5.41) is 9.18. The maximum absolute atomic E-state index is 11.4. The van der Waals surface area contributed by atoms with Gasteiger partial charge in [0.2, 0.25) is 0 Å². The van der Waals surface area contributed by atoms with Gasteiger partial charge in [0.05, 0.1) is 0 Å². The fourth-order valence-electron chi connectivity index (χ4n) is 1.78. The van der Waals surface area contributed by atoms with Crippen molar-refractivity contribution < 1.29 is 4.79 Å². The maximum Gasteiger partial charge on any atom is 0.315 e. The van der Waals surface area contributed by atoms with Gasteiger partial charge in [0.15, 0.2) is 0 Å². The van der Waals surface area contributed by atoms with Gasteiger partial charge >= 0.3 is 6.03 Å². The first-order chi connectivity index (χ1) is 7.33. The molecule has 1 rings (SSSR count). The summed E-state index contributed by atoms with van der Waals surface area (Å²) >= 11 is 0. The zero-order valence-corrected chi connectivity index (χ0v) is 9.64. The van der Waals surface area contributed by atoms with Gasteiger partial charge in [0, 0.05) is 12.6 Å². The van der Waals surface area contributed by atoms with Crippen LogP contribution in [0.25, 0.3) is 0 Å². The van der Waals surface area contributed by atoms with Gasteiger partial charge in [-0.25, -0.2) is 4.79 Å². The minimum Gasteiger partial charge on any atom is -0.338 e. The smallest absolute Gasteiger partial charge is 0.315 e. The number of urea groups is 1. The van der Waals surface area contributed by atoms with Crippen LogP contribution in [0.1, 0.15) is 39.0 Å². The summed E-state index contributed by atoms with van der Waals surface area (Å²) in [5.74, 6) is 0. The summed E-state index contributed by atoms with van der Waals surface area (Å²) in [6.45, 7) is 4.99. The average Bonchev–Trinajstić information content (AvgIpc) is 2.26. The SMILES string of the molecule is CCCCCNC(=O)NC1CCNCC1. The number of carbonyl (C=O) groups excluding carboxylic acids is 1. The third-order valence-corrected chi connectivity index (χ3v) is 2.74. The molecule has 0 aromatic heterocycles. The molecule has 2 amide bonds. The molecule has 4 nitrogen and oxygen atoms in total. The summed E-state index contributed by atoms with van der Waals surface area (Å²) in [6, 6.07) is 0.357. The van der Waals surface area contributed by atoms with E-state index in [2.05, 4.69) is 22.9 Å². The van der Waals surface area contributed by atoms with Crippen LogP contribution in [0.4, 0.5) is 4.79 Å². The Kier molecular flexibility index (Phi) is 6.16. The quantitative estimate of drug-likeness (QED) is 0.602. The standard InChI is InChI=1S/C11H23N3O/c1-2-3-4-7-13-11(15)14-10-5-8-12-9-6-10/h10,12H,2-9H2,1H3,(H2,13,14,15). The molecule has 1 fully saturated rings. The van der Waals surface area contributed by atoms with Crippen molar-refractivity contribution in [3.8, 4) is 0 Å². The second-order valence-corrected chi connectivity index (χ2v) is 4.13. The second-order valence-electron chi connectivity index (χ2n) is 4.13. The first-order valence-electron chi connectivity index (χ1n) is 6.08. The van der Waals surface area contributed by atoms with E-state index in [0.717, 1.165) is 38.9 Å². The van der Waals surface area contributed by atoms with Crippen molar-refractivity contribution in [3.05, 3.63) is 0 Å². The normalized spacial score (nSPS) is 17.4. The molecule has 15 heavy (non-hydrogen) atoms. The highest BCUT2D eigenvalue weighted by Gasteiger charge is 2.14. The van der Waals surface area contributed by atoms with Gasteiger partial charge in [0.1, 0.15) is 0 Å². The van der Waals surface area contributed by atoms with E-state index in [1.54, 1.807) is 0 Å². The summed E-state index contributed by atoms with van der Waals surface area (Å²) in [7, 11) is 0. The summed E-state index contributed by atoms with van der Waals surface area (Å²) in [5.41, 5.74) is 0. The van der Waals surface area contributed by atoms with Crippen LogP contribution in [-0.2, 0) is 0 Å². The number of hydrogen-bond acceptors (Lipinski definition) is 2. The van der Waals surface area contributed by atoms with E-state index in [4.69, 9.17) is 0 Å². The third kappa shape index (κ3) is 5.62. The Balaban J connectivity index is 2.01. The van der Waals surface area contributed by atoms with Crippen LogP contribution in [-0.4, -0.2) is 31.7 Å². The zero-order valence-electron chi connectivity index (χ0n) is 9.64. The Hall–Kier alpha value is -0.770. The Morgan fingerprint density at radius 2 is 2.07 bits per heavy atom. The molecule has 88 valence electrons. The summed E-state index contributed by atoms with van der Waals surface area (Å²) in [4.78, 5) is 11.4. The fourth-order valence-corrected chi connectivity index (χ4v) is 1.78. The number of amides is 2. The molecular formula is C11H23N3O. The van der Waals surface area contributed by atoms with E-state index in [-0.39, 0.29) is 6.03 Å². The van der Waals surface area contributed by atoms with E-state index in [9.17, 15) is 4.79 Å². The molecule has 0 unspecified atom stereocenters. The van der Waals surface area contributed by atoms with E-state index < -0.39 is 0 Å². The lowest BCUT2D eigenvalue weighted by Crippen LogP contribution is -2.46. The minimum atomic E-state index is -0.00185. The van der Waals surface area contributed by atoms with Crippen LogP contribution in [0.5, 0.6) is 0 Å². The number of piperidine rings is 1. The van der Waals surface area contributed by atoms with Crippen LogP contribution in [0.15, 0.2) is 0 Å². The number of carbonyl (C=O) groups is 1. The van der Waals surface area contributed by atoms with E-state index in [0.29, 0.717) is 6.04 Å². The molecule has 0 bridgehead atoms. The largest absolute Gasteiger partial charge is 0.338 e. The van der Waals surface area contributed by atoms with Crippen molar-refractivity contribution >= 4 is 6.03 Å². The predicted molar refractivity (Wildman–Crippen MR) is 62.0 cm³/mol. The lowest BCUT2D eigenvalue weighted by molar-refractivity contribution is 0.233. The molecular weight excluding hydrogens is 190 g/mol. The number of nitrogens with one attached hydrogen (secondary N) is 3. The molecule has 1 heterocycles. The van der Waals surface area contributed by atoms with Crippen molar-refractivity contribution in [1.82, 2.24) is 16.0 Å². The van der Waals surface area contributed by atoms with Crippen LogP contribution in [0.3, 0.4) is 0 Å². The molecule has 0 spiro atoms. The Morgan fingerprint density at radius 3 is 2.73 bits per heavy atom. The summed E-state index contributed by atoms with van der Waals surface area (Å²) < 4.78 is 0. The van der Waals surface area contributed by atoms with Crippen LogP contribution in [0.2, 0.25) is 0 Å². The second kappa shape index (κ2) is 7.51. The molecule has 3 N–H and O–H groups in total. The molecule has 0 aromatic carbocycles. The van der Waals surface area contributed by atoms with Crippen molar-refractivity contribution in [3.63, 3.8) is 0 Å². The monoisotopic (exact) mass is 213 g/mol. The van der Waals surface area contributed by atoms with E-state index in [1.165, 1.54) is 12.8 Å². The highest BCUT2D eigenvalue weighted by molar-refractivity contribution is 5.74. The Bertz CT molecular complexity index is 179. The van der Waals surface area contributed by atoms with Gasteiger partial charge in [-0.2, -0.15) is 0 Å². The summed E-state index contributed by atoms with van der Waals surface area (Å²) in [6.07, 6.45) is 5.55. The Morgan fingerprint density at radius 1 is 1.33 bits per heavy atom. The lowest BCUT2D eigenvalue weighted by Gasteiger charge is -2.23. The van der Waals surface area contributed by atoms with Gasteiger partial charge in [0.25, 0.3) is 0 Å². The molecule has 0 saturated carbocycles. The molecule has 0 aliphatic carbocycles. The molecule has 1 saturated heterocycles. The average molecular weight is 213 g/mol. The predicted octanol–water partition coefficient (Wildman–Crippen LogP) is 1.23. The van der Waals surface area contributed by atoms with E-state index in [1.807, 2.05) is 0 Å². The molecule has 0 atom stereocenters. The molecule has 4 heteroatoms. The van der Waals surface area contributed by atoms with Crippen LogP contribution < -0.4 is 16.0 Å². The number of rotatable bonds is 5. The third-order valence-electron chi connectivity index (χ3n) is 2.74. The van der Waals surface area contributed by atoms with Gasteiger partial charge in [-0.1, -0.05) is 19.8 Å². The van der Waals surface area contributed by atoms with Gasteiger partial charge in [-0.3, -0.25) is 0 Å². The first-order valence-corrected chi connectivity index (χ1v) is 6.08. The molecule has 0 aromatic rings. The van der Waals surface area contributed by atoms with Crippen LogP contribution in [0, 0.1) is 0 Å². The highest BCUT2D eigenvalue weighted by Crippen LogP contribution is 2.01. The molecule has 1 aliphatic heterocycles. The van der Waals surface area contributed by atoms with Crippen molar-refractivity contribution in [1.29, 1.82) is 0 Å². The minimum absolute atomic E-state index is 0.00185. The van der Waals surface area contributed by atoms with Crippen molar-refractivity contribution in [2.24, 2.45) is 0 Å². The Labute approximate surface area is 92.2 Å². The van der Waals surface area contributed by atoms with Crippen molar-refractivity contribution in [2.45, 2.75) is 45.1 Å². The lowest BCUT2D eigenvalue weighted by atomic mass is 10.1. The van der Waals surface area contributed by atoms with Gasteiger partial charge in [-0.05, 0) is 32.4 Å². The molecule has 0 radical (unpaired) electrons. The van der Waals surface area contributed by atoms with Gasteiger partial charge in [-0.15, -0.1) is 0 Å². The van der Waals surface area contributed by atoms with Crippen LogP contribution >= 0.6 is 0 Å². The van der Waals surface area contributed by atoms with E-state index >= 15 is 0 Å². The fraction of sp³-hybridized carbons (Fsp3) is 0.909. The first kappa shape index (κ1) is 12.3. The number of unbranched alkanes of at least 4 members (excludes halogenated alkanes) is 2. The highest BCUT2D eigenvalue weighted by atomic mass is 16.2. The van der Waals surface area contributed by atoms with Crippen molar-refractivity contribution in [2.75, 3.05) is 19.6 Å². The topological polar surface area (TPSA) is 53.2 Å². The van der Waals surface area contributed by atoms with Gasteiger partial charge < -0.3 is 16.0 Å². The molecule has 1 aliphatic rings.